The van der Waals surface area contributed by atoms with Gasteiger partial charge in [0, 0.05) is 5.54 Å². The summed E-state index contributed by atoms with van der Waals surface area (Å²) < 4.78 is 0. The molecule has 0 radical (unpaired) electrons. The molecular formula is C18H39NO. The van der Waals surface area contributed by atoms with E-state index in [4.69, 9.17) is 10.8 Å². The van der Waals surface area contributed by atoms with E-state index in [9.17, 15) is 0 Å². The fourth-order valence-electron chi connectivity index (χ4n) is 2.63. The van der Waals surface area contributed by atoms with Gasteiger partial charge in [-0.1, -0.05) is 90.4 Å². The van der Waals surface area contributed by atoms with Gasteiger partial charge in [0.25, 0.3) is 0 Å². The SMILES string of the molecule is CCCCCCCCCCCCCCCC(C)(N)CO. The first-order valence-electron chi connectivity index (χ1n) is 9.02. The van der Waals surface area contributed by atoms with E-state index < -0.39 is 0 Å². The molecule has 20 heavy (non-hydrogen) atoms. The zero-order chi connectivity index (χ0) is 15.1. The number of aliphatic hydroxyl groups is 1. The van der Waals surface area contributed by atoms with Gasteiger partial charge >= 0.3 is 0 Å². The van der Waals surface area contributed by atoms with Crippen LogP contribution in [0.2, 0.25) is 0 Å². The van der Waals surface area contributed by atoms with Crippen molar-refractivity contribution in [2.24, 2.45) is 5.73 Å². The first-order valence-corrected chi connectivity index (χ1v) is 9.02. The summed E-state index contributed by atoms with van der Waals surface area (Å²) in [4.78, 5) is 0. The first kappa shape index (κ1) is 19.9. The lowest BCUT2D eigenvalue weighted by molar-refractivity contribution is 0.197. The van der Waals surface area contributed by atoms with E-state index in [1.807, 2.05) is 6.92 Å². The van der Waals surface area contributed by atoms with Crippen molar-refractivity contribution in [3.05, 3.63) is 0 Å². The van der Waals surface area contributed by atoms with Crippen molar-refractivity contribution in [2.45, 2.75) is 109 Å². The van der Waals surface area contributed by atoms with Crippen LogP contribution >= 0.6 is 0 Å². The summed E-state index contributed by atoms with van der Waals surface area (Å²) in [5, 5.41) is 9.06. The normalized spacial score (nSPS) is 14.4. The van der Waals surface area contributed by atoms with Crippen molar-refractivity contribution in [3.8, 4) is 0 Å². The maximum atomic E-state index is 9.06. The number of nitrogens with two attached hydrogens (primary N) is 1. The first-order chi connectivity index (χ1) is 9.62. The Balaban J connectivity index is 3.06. The zero-order valence-corrected chi connectivity index (χ0v) is 14.1. The Bertz CT molecular complexity index is 192. The van der Waals surface area contributed by atoms with Gasteiger partial charge in [-0.3, -0.25) is 0 Å². The quantitative estimate of drug-likeness (QED) is 0.407. The predicted octanol–water partition coefficient (Wildman–Crippen LogP) is 5.18. The van der Waals surface area contributed by atoms with Gasteiger partial charge in [-0.15, -0.1) is 0 Å². The van der Waals surface area contributed by atoms with E-state index in [1.54, 1.807) is 0 Å². The Kier molecular flexibility index (Phi) is 13.8. The smallest absolute Gasteiger partial charge is 0.0608 e. The highest BCUT2D eigenvalue weighted by molar-refractivity contribution is 4.76. The molecule has 122 valence electrons. The average Bonchev–Trinajstić information content (AvgIpc) is 2.44. The molecule has 0 aliphatic heterocycles. The molecule has 0 saturated heterocycles. The third kappa shape index (κ3) is 14.3. The van der Waals surface area contributed by atoms with Gasteiger partial charge in [0.2, 0.25) is 0 Å². The van der Waals surface area contributed by atoms with Crippen LogP contribution in [0.4, 0.5) is 0 Å². The lowest BCUT2D eigenvalue weighted by atomic mass is 9.96. The number of hydrogen-bond acceptors (Lipinski definition) is 2. The summed E-state index contributed by atoms with van der Waals surface area (Å²) in [5.74, 6) is 0. The largest absolute Gasteiger partial charge is 0.394 e. The molecular weight excluding hydrogens is 246 g/mol. The molecule has 0 aromatic carbocycles. The maximum Gasteiger partial charge on any atom is 0.0608 e. The van der Waals surface area contributed by atoms with Crippen LogP contribution in [-0.4, -0.2) is 17.3 Å². The summed E-state index contributed by atoms with van der Waals surface area (Å²) in [6.07, 6.45) is 18.8. The van der Waals surface area contributed by atoms with Gasteiger partial charge in [-0.25, -0.2) is 0 Å². The lowest BCUT2D eigenvalue weighted by Gasteiger charge is -2.21. The molecule has 0 heterocycles. The van der Waals surface area contributed by atoms with E-state index in [0.717, 1.165) is 12.8 Å². The van der Waals surface area contributed by atoms with Gasteiger partial charge in [0.15, 0.2) is 0 Å². The monoisotopic (exact) mass is 285 g/mol. The molecule has 0 aromatic rings. The fourth-order valence-corrected chi connectivity index (χ4v) is 2.63. The Hall–Kier alpha value is -0.0800. The Morgan fingerprint density at radius 2 is 1.05 bits per heavy atom. The van der Waals surface area contributed by atoms with Crippen molar-refractivity contribution < 1.29 is 5.11 Å². The van der Waals surface area contributed by atoms with Crippen molar-refractivity contribution in [1.82, 2.24) is 0 Å². The van der Waals surface area contributed by atoms with Crippen molar-refractivity contribution >= 4 is 0 Å². The molecule has 0 bridgehead atoms. The van der Waals surface area contributed by atoms with Crippen molar-refractivity contribution in [3.63, 3.8) is 0 Å². The molecule has 1 unspecified atom stereocenters. The lowest BCUT2D eigenvalue weighted by Crippen LogP contribution is -2.39. The minimum atomic E-state index is -0.363. The molecule has 0 saturated carbocycles. The van der Waals surface area contributed by atoms with Crippen LogP contribution < -0.4 is 5.73 Å². The van der Waals surface area contributed by atoms with Gasteiger partial charge in [0.1, 0.15) is 0 Å². The molecule has 0 aliphatic carbocycles. The molecule has 3 N–H and O–H groups in total. The predicted molar refractivity (Wildman–Crippen MR) is 90.0 cm³/mol. The second kappa shape index (κ2) is 13.9. The van der Waals surface area contributed by atoms with Crippen molar-refractivity contribution in [2.75, 3.05) is 6.61 Å². The molecule has 0 rings (SSSR count). The minimum absolute atomic E-state index is 0.102. The fraction of sp³-hybridized carbons (Fsp3) is 1.00. The maximum absolute atomic E-state index is 9.06. The Morgan fingerprint density at radius 3 is 1.40 bits per heavy atom. The summed E-state index contributed by atoms with van der Waals surface area (Å²) in [6, 6.07) is 0. The molecule has 2 nitrogen and oxygen atoms in total. The highest BCUT2D eigenvalue weighted by atomic mass is 16.3. The van der Waals surface area contributed by atoms with Gasteiger partial charge in [-0.2, -0.15) is 0 Å². The zero-order valence-electron chi connectivity index (χ0n) is 14.1. The second-order valence-electron chi connectivity index (χ2n) is 6.80. The van der Waals surface area contributed by atoms with Gasteiger partial charge < -0.3 is 10.8 Å². The summed E-state index contributed by atoms with van der Waals surface area (Å²) >= 11 is 0. The number of rotatable bonds is 15. The second-order valence-corrected chi connectivity index (χ2v) is 6.80. The summed E-state index contributed by atoms with van der Waals surface area (Å²) in [7, 11) is 0. The number of hydrogen-bond donors (Lipinski definition) is 2. The molecule has 0 aromatic heterocycles. The average molecular weight is 286 g/mol. The highest BCUT2D eigenvalue weighted by Crippen LogP contribution is 2.15. The van der Waals surface area contributed by atoms with E-state index in [-0.39, 0.29) is 12.1 Å². The summed E-state index contributed by atoms with van der Waals surface area (Å²) in [5.41, 5.74) is 5.54. The molecule has 0 spiro atoms. The van der Waals surface area contributed by atoms with Crippen LogP contribution in [0, 0.1) is 0 Å². The molecule has 2 heteroatoms. The van der Waals surface area contributed by atoms with Crippen LogP contribution in [0.15, 0.2) is 0 Å². The number of aliphatic hydroxyl groups excluding tert-OH is 1. The van der Waals surface area contributed by atoms with E-state index >= 15 is 0 Å². The third-order valence-corrected chi connectivity index (χ3v) is 4.21. The van der Waals surface area contributed by atoms with Crippen LogP contribution in [0.5, 0.6) is 0 Å². The van der Waals surface area contributed by atoms with Crippen molar-refractivity contribution in [1.29, 1.82) is 0 Å². The van der Waals surface area contributed by atoms with Crippen LogP contribution in [0.3, 0.4) is 0 Å². The van der Waals surface area contributed by atoms with Crippen LogP contribution in [0.25, 0.3) is 0 Å². The standard InChI is InChI=1S/C18H39NO/c1-3-4-5-6-7-8-9-10-11-12-13-14-15-16-18(2,19)17-20/h20H,3-17,19H2,1-2H3. The van der Waals surface area contributed by atoms with E-state index in [1.165, 1.54) is 77.0 Å². The third-order valence-electron chi connectivity index (χ3n) is 4.21. The van der Waals surface area contributed by atoms with Crippen LogP contribution in [0.1, 0.15) is 104 Å². The number of unbranched alkanes of at least 4 members (excludes halogenated alkanes) is 12. The Morgan fingerprint density at radius 1 is 0.700 bits per heavy atom. The molecule has 0 amide bonds. The summed E-state index contributed by atoms with van der Waals surface area (Å²) in [6.45, 7) is 4.32. The van der Waals surface area contributed by atoms with E-state index in [2.05, 4.69) is 6.92 Å². The highest BCUT2D eigenvalue weighted by Gasteiger charge is 2.15. The van der Waals surface area contributed by atoms with Gasteiger partial charge in [-0.05, 0) is 13.3 Å². The minimum Gasteiger partial charge on any atom is -0.394 e. The topological polar surface area (TPSA) is 46.2 Å². The van der Waals surface area contributed by atoms with E-state index in [0.29, 0.717) is 0 Å². The molecule has 1 atom stereocenters. The molecule has 0 aliphatic rings. The van der Waals surface area contributed by atoms with Gasteiger partial charge in [0.05, 0.1) is 6.61 Å². The Labute approximate surface area is 127 Å². The molecule has 0 fully saturated rings. The van der Waals surface area contributed by atoms with Crippen LogP contribution in [-0.2, 0) is 0 Å².